The number of aromatic amines is 1. The lowest BCUT2D eigenvalue weighted by atomic mass is 9.93. The van der Waals surface area contributed by atoms with Gasteiger partial charge < -0.3 is 9.47 Å². The summed E-state index contributed by atoms with van der Waals surface area (Å²) in [6.07, 6.45) is 2.14. The number of ether oxygens (including phenoxy) is 2. The van der Waals surface area contributed by atoms with Crippen molar-refractivity contribution < 1.29 is 32.4 Å². The van der Waals surface area contributed by atoms with E-state index in [1.807, 2.05) is 0 Å². The molecule has 35 heavy (non-hydrogen) atoms. The number of carbonyl (C=O) groups is 1. The predicted octanol–water partition coefficient (Wildman–Crippen LogP) is 2.56. The van der Waals surface area contributed by atoms with Crippen molar-refractivity contribution in [2.45, 2.75) is 76.0 Å². The van der Waals surface area contributed by atoms with Gasteiger partial charge in [0.15, 0.2) is 6.23 Å². The van der Waals surface area contributed by atoms with Gasteiger partial charge in [-0.15, -0.1) is 0 Å². The summed E-state index contributed by atoms with van der Waals surface area (Å²) in [4.78, 5) is 41.0. The van der Waals surface area contributed by atoms with E-state index in [0.717, 1.165) is 36.3 Å². The van der Waals surface area contributed by atoms with Crippen LogP contribution < -0.4 is 11.2 Å². The molecular formula is C20H28N5O9P. The maximum Gasteiger partial charge on any atom is 0.475 e. The molecule has 3 aliphatic rings. The number of nitrogens with zero attached hydrogens (tertiary/aromatic N) is 4. The Bertz CT molecular complexity index is 1160. The summed E-state index contributed by atoms with van der Waals surface area (Å²) in [6.45, 7) is 2.87. The first-order valence-electron chi connectivity index (χ1n) is 11.5. The van der Waals surface area contributed by atoms with Crippen LogP contribution in [0.15, 0.2) is 27.0 Å². The number of hydrogen-bond acceptors (Lipinski definition) is 10. The monoisotopic (exact) mass is 513 g/mol. The highest BCUT2D eigenvalue weighted by molar-refractivity contribution is 7.48. The first kappa shape index (κ1) is 25.6. The zero-order valence-corrected chi connectivity index (χ0v) is 20.3. The molecule has 1 aromatic rings. The minimum Gasteiger partial charge on any atom is -0.462 e. The normalized spacial score (nSPS) is 33.6. The van der Waals surface area contributed by atoms with Crippen LogP contribution >= 0.6 is 7.82 Å². The molecule has 0 spiro atoms. The van der Waals surface area contributed by atoms with Gasteiger partial charge in [-0.3, -0.25) is 32.7 Å². The van der Waals surface area contributed by atoms with E-state index in [4.69, 9.17) is 23.0 Å². The zero-order valence-electron chi connectivity index (χ0n) is 19.4. The summed E-state index contributed by atoms with van der Waals surface area (Å²) in [5, 5.41) is 3.79. The van der Waals surface area contributed by atoms with Gasteiger partial charge in [-0.05, 0) is 44.6 Å². The molecule has 6 atom stereocenters. The Morgan fingerprint density at radius 2 is 2.17 bits per heavy atom. The molecule has 0 bridgehead atoms. The second kappa shape index (κ2) is 10.3. The molecule has 3 fully saturated rings. The van der Waals surface area contributed by atoms with Crippen LogP contribution in [0.3, 0.4) is 0 Å². The SMILES string of the molecule is CC(CCOP1(=O)OC[C@H]2O[C@@H](n3ccc(=O)[nH]c3=O)[C@](C)(N=[N+]=[N-])[C@@H]2O1)C(=O)OC1CCCC1. The van der Waals surface area contributed by atoms with E-state index in [-0.39, 0.29) is 31.7 Å². The fourth-order valence-corrected chi connectivity index (χ4v) is 5.98. The van der Waals surface area contributed by atoms with Crippen molar-refractivity contribution in [3.05, 3.63) is 43.5 Å². The topological polar surface area (TPSA) is 184 Å². The van der Waals surface area contributed by atoms with E-state index in [2.05, 4.69) is 15.0 Å². The molecule has 0 radical (unpaired) electrons. The number of H-pyrrole nitrogens is 1. The Balaban J connectivity index is 1.42. The standard InChI is InChI=1S/C20H28N5O9P/c1-12(17(27)32-13-5-3-4-6-13)8-10-30-35(29)31-11-14-16(34-35)20(2,23-24-21)18(33-14)25-9-7-15(26)22-19(25)28/h7,9,12-14,16,18H,3-6,8,10-11H2,1-2H3,(H,22,26,28)/t12?,14-,16-,18-,20-,35?/m1/s1. The van der Waals surface area contributed by atoms with Crippen LogP contribution in [-0.2, 0) is 32.4 Å². The molecule has 2 aliphatic heterocycles. The molecule has 4 rings (SSSR count). The lowest BCUT2D eigenvalue weighted by Gasteiger charge is -2.35. The lowest BCUT2D eigenvalue weighted by Crippen LogP contribution is -2.47. The Morgan fingerprint density at radius 1 is 1.43 bits per heavy atom. The lowest BCUT2D eigenvalue weighted by molar-refractivity contribution is -0.153. The summed E-state index contributed by atoms with van der Waals surface area (Å²) < 4.78 is 42.0. The Labute approximate surface area is 200 Å². The summed E-state index contributed by atoms with van der Waals surface area (Å²) in [5.41, 5.74) is 6.26. The van der Waals surface area contributed by atoms with Gasteiger partial charge in [0.05, 0.1) is 19.1 Å². The number of azide groups is 1. The van der Waals surface area contributed by atoms with E-state index in [1.165, 1.54) is 13.1 Å². The maximum atomic E-state index is 13.2. The maximum absolute atomic E-state index is 13.2. The quantitative estimate of drug-likeness (QED) is 0.179. The molecule has 1 N–H and O–H groups in total. The van der Waals surface area contributed by atoms with Crippen molar-refractivity contribution in [3.8, 4) is 0 Å². The van der Waals surface area contributed by atoms with Crippen LogP contribution in [0.1, 0.15) is 52.2 Å². The van der Waals surface area contributed by atoms with E-state index in [1.54, 1.807) is 6.92 Å². The van der Waals surface area contributed by atoms with Crippen LogP contribution in [0.25, 0.3) is 10.4 Å². The number of nitrogens with one attached hydrogen (secondary N) is 1. The second-order valence-electron chi connectivity index (χ2n) is 9.09. The van der Waals surface area contributed by atoms with Crippen molar-refractivity contribution in [2.24, 2.45) is 11.0 Å². The molecule has 192 valence electrons. The van der Waals surface area contributed by atoms with Gasteiger partial charge in [-0.1, -0.05) is 12.0 Å². The van der Waals surface area contributed by atoms with Gasteiger partial charge in [0.2, 0.25) is 0 Å². The molecule has 2 unspecified atom stereocenters. The highest BCUT2D eigenvalue weighted by Crippen LogP contribution is 2.59. The number of carbonyl (C=O) groups excluding carboxylic acids is 1. The first-order valence-corrected chi connectivity index (χ1v) is 12.9. The van der Waals surface area contributed by atoms with Crippen molar-refractivity contribution in [1.29, 1.82) is 0 Å². The third-order valence-electron chi connectivity index (χ3n) is 6.51. The molecular weight excluding hydrogens is 485 g/mol. The Hall–Kier alpha value is -2.47. The third kappa shape index (κ3) is 5.37. The van der Waals surface area contributed by atoms with E-state index in [0.29, 0.717) is 0 Å². The average molecular weight is 513 g/mol. The van der Waals surface area contributed by atoms with Crippen LogP contribution in [0.4, 0.5) is 0 Å². The van der Waals surface area contributed by atoms with Gasteiger partial charge in [0.25, 0.3) is 5.56 Å². The van der Waals surface area contributed by atoms with Crippen molar-refractivity contribution in [1.82, 2.24) is 9.55 Å². The largest absolute Gasteiger partial charge is 0.475 e. The number of esters is 1. The number of fused-ring (bicyclic) bond motifs is 1. The summed E-state index contributed by atoms with van der Waals surface area (Å²) in [7, 11) is -4.10. The molecule has 3 heterocycles. The molecule has 0 aromatic carbocycles. The van der Waals surface area contributed by atoms with Gasteiger partial charge >= 0.3 is 19.5 Å². The fourth-order valence-electron chi connectivity index (χ4n) is 4.50. The van der Waals surface area contributed by atoms with E-state index >= 15 is 0 Å². The highest BCUT2D eigenvalue weighted by Gasteiger charge is 2.60. The average Bonchev–Trinajstić information content (AvgIpc) is 3.40. The Morgan fingerprint density at radius 3 is 2.86 bits per heavy atom. The van der Waals surface area contributed by atoms with E-state index < -0.39 is 49.0 Å². The van der Waals surface area contributed by atoms with Crippen LogP contribution in [-0.4, -0.2) is 52.6 Å². The number of aromatic nitrogens is 2. The first-order chi connectivity index (χ1) is 16.6. The Kier molecular flexibility index (Phi) is 7.51. The zero-order chi connectivity index (χ0) is 25.2. The van der Waals surface area contributed by atoms with Crippen molar-refractivity contribution in [2.75, 3.05) is 13.2 Å². The number of hydrogen-bond donors (Lipinski definition) is 1. The minimum atomic E-state index is -4.10. The molecule has 14 nitrogen and oxygen atoms in total. The van der Waals surface area contributed by atoms with Crippen LogP contribution in [0, 0.1) is 5.92 Å². The second-order valence-corrected chi connectivity index (χ2v) is 10.7. The van der Waals surface area contributed by atoms with Gasteiger partial charge in [-0.2, -0.15) is 0 Å². The predicted molar refractivity (Wildman–Crippen MR) is 119 cm³/mol. The summed E-state index contributed by atoms with van der Waals surface area (Å²) in [5.74, 6) is -0.807. The molecule has 0 amide bonds. The van der Waals surface area contributed by atoms with Gasteiger partial charge in [0, 0.05) is 17.2 Å². The highest BCUT2D eigenvalue weighted by atomic mass is 31.2. The molecule has 15 heteroatoms. The summed E-state index contributed by atoms with van der Waals surface area (Å²) >= 11 is 0. The smallest absolute Gasteiger partial charge is 0.462 e. The molecule has 1 aromatic heterocycles. The molecule has 2 saturated heterocycles. The number of phosphoric ester groups is 1. The van der Waals surface area contributed by atoms with Gasteiger partial charge in [0.1, 0.15) is 23.9 Å². The van der Waals surface area contributed by atoms with E-state index in [9.17, 15) is 24.5 Å². The van der Waals surface area contributed by atoms with Crippen molar-refractivity contribution >= 4 is 13.8 Å². The third-order valence-corrected chi connectivity index (χ3v) is 7.96. The number of phosphoric acid groups is 1. The number of rotatable bonds is 8. The minimum absolute atomic E-state index is 0.0465. The van der Waals surface area contributed by atoms with Crippen LogP contribution in [0.2, 0.25) is 0 Å². The van der Waals surface area contributed by atoms with Gasteiger partial charge in [-0.25, -0.2) is 9.36 Å². The van der Waals surface area contributed by atoms with Crippen molar-refractivity contribution in [3.63, 3.8) is 0 Å². The van der Waals surface area contributed by atoms with Crippen LogP contribution in [0.5, 0.6) is 0 Å². The molecule has 1 aliphatic carbocycles. The molecule has 1 saturated carbocycles. The summed E-state index contributed by atoms with van der Waals surface area (Å²) in [6, 6.07) is 1.12. The fraction of sp³-hybridized carbons (Fsp3) is 0.750.